The number of para-hydroxylation sites is 1. The van der Waals surface area contributed by atoms with E-state index in [0.29, 0.717) is 25.7 Å². The number of guanidine groups is 1. The van der Waals surface area contributed by atoms with E-state index in [1.807, 2.05) is 41.9 Å². The molecule has 0 atom stereocenters. The van der Waals surface area contributed by atoms with Gasteiger partial charge in [-0.1, -0.05) is 18.2 Å². The highest BCUT2D eigenvalue weighted by Gasteiger charge is 2.02. The molecule has 0 amide bonds. The highest BCUT2D eigenvalue weighted by molar-refractivity contribution is 5.79. The topological polar surface area (TPSA) is 76.4 Å². The van der Waals surface area contributed by atoms with Crippen LogP contribution in [0.1, 0.15) is 5.82 Å². The van der Waals surface area contributed by atoms with Gasteiger partial charge in [0.2, 0.25) is 0 Å². The first-order valence-corrected chi connectivity index (χ1v) is 6.75. The fourth-order valence-corrected chi connectivity index (χ4v) is 1.71. The van der Waals surface area contributed by atoms with Gasteiger partial charge in [-0.15, -0.1) is 10.2 Å². The largest absolute Gasteiger partial charge is 0.492 e. The standard InChI is InChI=1S/C14H20N6O/c1-15-14(17-10-13-19-18-11-20(13)2)16-8-9-21-12-6-4-3-5-7-12/h3-7,11H,8-10H2,1-2H3,(H2,15,16,17). The van der Waals surface area contributed by atoms with Crippen molar-refractivity contribution in [2.45, 2.75) is 6.54 Å². The van der Waals surface area contributed by atoms with Crippen LogP contribution in [0.2, 0.25) is 0 Å². The Morgan fingerprint density at radius 3 is 2.76 bits per heavy atom. The Kier molecular flexibility index (Phi) is 5.57. The van der Waals surface area contributed by atoms with Crippen molar-refractivity contribution in [2.24, 2.45) is 12.0 Å². The second-order valence-electron chi connectivity index (χ2n) is 4.37. The van der Waals surface area contributed by atoms with Crippen molar-refractivity contribution >= 4 is 5.96 Å². The first-order chi connectivity index (χ1) is 10.3. The third-order valence-electron chi connectivity index (χ3n) is 2.85. The smallest absolute Gasteiger partial charge is 0.191 e. The number of aryl methyl sites for hydroxylation is 1. The van der Waals surface area contributed by atoms with Gasteiger partial charge in [0.1, 0.15) is 18.7 Å². The first-order valence-electron chi connectivity index (χ1n) is 6.75. The summed E-state index contributed by atoms with van der Waals surface area (Å²) in [6.45, 7) is 1.79. The van der Waals surface area contributed by atoms with Crippen LogP contribution >= 0.6 is 0 Å². The van der Waals surface area contributed by atoms with Gasteiger partial charge in [-0.05, 0) is 12.1 Å². The van der Waals surface area contributed by atoms with Crippen LogP contribution in [0.25, 0.3) is 0 Å². The van der Waals surface area contributed by atoms with E-state index in [0.717, 1.165) is 11.6 Å². The summed E-state index contributed by atoms with van der Waals surface area (Å²) in [7, 11) is 3.63. The molecule has 0 bridgehead atoms. The van der Waals surface area contributed by atoms with Crippen LogP contribution in [-0.2, 0) is 13.6 Å². The molecule has 0 aliphatic rings. The molecular formula is C14H20N6O. The van der Waals surface area contributed by atoms with Crippen molar-refractivity contribution in [2.75, 3.05) is 20.2 Å². The maximum Gasteiger partial charge on any atom is 0.191 e. The lowest BCUT2D eigenvalue weighted by molar-refractivity contribution is 0.322. The molecule has 1 heterocycles. The molecular weight excluding hydrogens is 268 g/mol. The van der Waals surface area contributed by atoms with Gasteiger partial charge in [-0.3, -0.25) is 4.99 Å². The van der Waals surface area contributed by atoms with Gasteiger partial charge < -0.3 is 19.9 Å². The molecule has 0 spiro atoms. The van der Waals surface area contributed by atoms with E-state index in [-0.39, 0.29) is 0 Å². The van der Waals surface area contributed by atoms with Crippen molar-refractivity contribution in [3.8, 4) is 5.75 Å². The molecule has 2 rings (SSSR count). The SMILES string of the molecule is CN=C(NCCOc1ccccc1)NCc1nncn1C. The van der Waals surface area contributed by atoms with Crippen molar-refractivity contribution < 1.29 is 4.74 Å². The van der Waals surface area contributed by atoms with Gasteiger partial charge in [0.25, 0.3) is 0 Å². The molecule has 7 nitrogen and oxygen atoms in total. The average molecular weight is 288 g/mol. The second kappa shape index (κ2) is 7.88. The van der Waals surface area contributed by atoms with E-state index in [9.17, 15) is 0 Å². The molecule has 1 aromatic carbocycles. The monoisotopic (exact) mass is 288 g/mol. The van der Waals surface area contributed by atoms with E-state index in [1.54, 1.807) is 13.4 Å². The third-order valence-corrected chi connectivity index (χ3v) is 2.85. The Labute approximate surface area is 124 Å². The summed E-state index contributed by atoms with van der Waals surface area (Å²) in [5.41, 5.74) is 0. The van der Waals surface area contributed by atoms with Crippen LogP contribution in [0.15, 0.2) is 41.7 Å². The number of nitrogens with zero attached hydrogens (tertiary/aromatic N) is 4. The molecule has 1 aromatic heterocycles. The van der Waals surface area contributed by atoms with Gasteiger partial charge in [0.15, 0.2) is 11.8 Å². The quantitative estimate of drug-likeness (QED) is 0.461. The molecule has 0 aliphatic heterocycles. The Morgan fingerprint density at radius 2 is 2.10 bits per heavy atom. The van der Waals surface area contributed by atoms with Crippen LogP contribution in [0.3, 0.4) is 0 Å². The van der Waals surface area contributed by atoms with Crippen LogP contribution in [0.5, 0.6) is 5.75 Å². The molecule has 0 saturated heterocycles. The Balaban J connectivity index is 1.67. The van der Waals surface area contributed by atoms with Crippen molar-refractivity contribution in [3.63, 3.8) is 0 Å². The number of nitrogens with one attached hydrogen (secondary N) is 2. The molecule has 21 heavy (non-hydrogen) atoms. The fourth-order valence-electron chi connectivity index (χ4n) is 1.71. The molecule has 0 aliphatic carbocycles. The van der Waals surface area contributed by atoms with E-state index >= 15 is 0 Å². The van der Waals surface area contributed by atoms with E-state index in [2.05, 4.69) is 25.8 Å². The van der Waals surface area contributed by atoms with E-state index < -0.39 is 0 Å². The van der Waals surface area contributed by atoms with Gasteiger partial charge in [0, 0.05) is 14.1 Å². The maximum absolute atomic E-state index is 5.60. The Morgan fingerprint density at radius 1 is 1.29 bits per heavy atom. The lowest BCUT2D eigenvalue weighted by Gasteiger charge is -2.12. The normalized spacial score (nSPS) is 11.2. The molecule has 112 valence electrons. The van der Waals surface area contributed by atoms with Gasteiger partial charge >= 0.3 is 0 Å². The number of hydrogen-bond acceptors (Lipinski definition) is 4. The minimum absolute atomic E-state index is 0.564. The van der Waals surface area contributed by atoms with Gasteiger partial charge in [-0.2, -0.15) is 0 Å². The molecule has 0 saturated carbocycles. The number of aliphatic imine (C=N–C) groups is 1. The van der Waals surface area contributed by atoms with Gasteiger partial charge in [0.05, 0.1) is 13.1 Å². The summed E-state index contributed by atoms with van der Waals surface area (Å²) < 4.78 is 7.46. The third kappa shape index (κ3) is 4.79. The number of aromatic nitrogens is 3. The second-order valence-corrected chi connectivity index (χ2v) is 4.37. The molecule has 7 heteroatoms. The highest BCUT2D eigenvalue weighted by atomic mass is 16.5. The first kappa shape index (κ1) is 14.8. The van der Waals surface area contributed by atoms with Crippen molar-refractivity contribution in [1.82, 2.24) is 25.4 Å². The lowest BCUT2D eigenvalue weighted by Crippen LogP contribution is -2.39. The van der Waals surface area contributed by atoms with Crippen LogP contribution in [0.4, 0.5) is 0 Å². The molecule has 2 aromatic rings. The fraction of sp³-hybridized carbons (Fsp3) is 0.357. The maximum atomic E-state index is 5.60. The van der Waals surface area contributed by atoms with Crippen LogP contribution < -0.4 is 15.4 Å². The summed E-state index contributed by atoms with van der Waals surface area (Å²) in [6, 6.07) is 9.72. The highest BCUT2D eigenvalue weighted by Crippen LogP contribution is 2.07. The predicted molar refractivity (Wildman–Crippen MR) is 81.1 cm³/mol. The average Bonchev–Trinajstić information content (AvgIpc) is 2.93. The summed E-state index contributed by atoms with van der Waals surface area (Å²) in [4.78, 5) is 4.14. The lowest BCUT2D eigenvalue weighted by atomic mass is 10.3. The molecule has 0 radical (unpaired) electrons. The Hall–Kier alpha value is -2.57. The zero-order valence-corrected chi connectivity index (χ0v) is 12.3. The minimum Gasteiger partial charge on any atom is -0.492 e. The van der Waals surface area contributed by atoms with Crippen LogP contribution in [0, 0.1) is 0 Å². The molecule has 0 unspecified atom stereocenters. The summed E-state index contributed by atoms with van der Waals surface area (Å²) >= 11 is 0. The number of hydrogen-bond donors (Lipinski definition) is 2. The summed E-state index contributed by atoms with van der Waals surface area (Å²) in [5, 5.41) is 14.2. The number of ether oxygens (including phenoxy) is 1. The zero-order chi connectivity index (χ0) is 14.9. The number of rotatable bonds is 6. The van der Waals surface area contributed by atoms with Crippen molar-refractivity contribution in [3.05, 3.63) is 42.5 Å². The molecule has 2 N–H and O–H groups in total. The summed E-state index contributed by atoms with van der Waals surface area (Å²) in [6.07, 6.45) is 1.67. The Bertz CT molecular complexity index is 566. The van der Waals surface area contributed by atoms with Gasteiger partial charge in [-0.25, -0.2) is 0 Å². The van der Waals surface area contributed by atoms with E-state index in [4.69, 9.17) is 4.74 Å². The number of benzene rings is 1. The molecule has 0 fully saturated rings. The zero-order valence-electron chi connectivity index (χ0n) is 12.3. The summed E-state index contributed by atoms with van der Waals surface area (Å²) in [5.74, 6) is 2.41. The minimum atomic E-state index is 0.564. The van der Waals surface area contributed by atoms with Crippen molar-refractivity contribution in [1.29, 1.82) is 0 Å². The van der Waals surface area contributed by atoms with E-state index in [1.165, 1.54) is 0 Å². The van der Waals surface area contributed by atoms with Crippen LogP contribution in [-0.4, -0.2) is 40.9 Å². The predicted octanol–water partition coefficient (Wildman–Crippen LogP) is 0.559.